The molecule has 31 heavy (non-hydrogen) atoms. The van der Waals surface area contributed by atoms with Gasteiger partial charge in [0.1, 0.15) is 0 Å². The summed E-state index contributed by atoms with van der Waals surface area (Å²) in [5.74, 6) is -0.683. The van der Waals surface area contributed by atoms with Crippen molar-refractivity contribution in [1.29, 1.82) is 0 Å². The van der Waals surface area contributed by atoms with Crippen LogP contribution in [-0.4, -0.2) is 55.6 Å². The third-order valence-corrected chi connectivity index (χ3v) is 7.47. The summed E-state index contributed by atoms with van der Waals surface area (Å²) in [5.41, 5.74) is 1.16. The summed E-state index contributed by atoms with van der Waals surface area (Å²) in [6, 6.07) is 15.1. The molecule has 1 N–H and O–H groups in total. The van der Waals surface area contributed by atoms with E-state index in [1.54, 1.807) is 59.5 Å². The van der Waals surface area contributed by atoms with Gasteiger partial charge in [0.05, 0.1) is 10.8 Å². The first kappa shape index (κ1) is 23.0. The highest BCUT2D eigenvalue weighted by Crippen LogP contribution is 2.25. The highest BCUT2D eigenvalue weighted by molar-refractivity contribution is 7.89. The van der Waals surface area contributed by atoms with Crippen LogP contribution in [0.25, 0.3) is 0 Å². The van der Waals surface area contributed by atoms with Gasteiger partial charge in [-0.3, -0.25) is 9.59 Å². The highest BCUT2D eigenvalue weighted by atomic mass is 32.2. The summed E-state index contributed by atoms with van der Waals surface area (Å²) >= 11 is 0. The van der Waals surface area contributed by atoms with Gasteiger partial charge in [-0.05, 0) is 63.1 Å². The smallest absolute Gasteiger partial charge is 0.253 e. The minimum atomic E-state index is -3.62. The molecule has 0 radical (unpaired) electrons. The van der Waals surface area contributed by atoms with Gasteiger partial charge in [0.2, 0.25) is 15.9 Å². The summed E-state index contributed by atoms with van der Waals surface area (Å²) in [6.45, 7) is 5.70. The number of nitrogens with one attached hydrogen (secondary N) is 1. The lowest BCUT2D eigenvalue weighted by Crippen LogP contribution is -2.43. The van der Waals surface area contributed by atoms with E-state index in [0.717, 1.165) is 0 Å². The van der Waals surface area contributed by atoms with Crippen molar-refractivity contribution >= 4 is 27.5 Å². The second-order valence-electron chi connectivity index (χ2n) is 7.56. The summed E-state index contributed by atoms with van der Waals surface area (Å²) < 4.78 is 27.1. The zero-order valence-corrected chi connectivity index (χ0v) is 18.8. The average molecular weight is 444 g/mol. The van der Waals surface area contributed by atoms with Gasteiger partial charge in [0.25, 0.3) is 5.91 Å². The Kier molecular flexibility index (Phi) is 7.46. The van der Waals surface area contributed by atoms with E-state index in [1.807, 2.05) is 13.8 Å². The Labute approximate surface area is 184 Å². The monoisotopic (exact) mass is 443 g/mol. The van der Waals surface area contributed by atoms with Crippen molar-refractivity contribution in [2.45, 2.75) is 31.6 Å². The molecule has 1 fully saturated rings. The van der Waals surface area contributed by atoms with Crippen molar-refractivity contribution in [2.75, 3.05) is 31.5 Å². The minimum absolute atomic E-state index is 0.0445. The van der Waals surface area contributed by atoms with Gasteiger partial charge in [0, 0.05) is 37.4 Å². The van der Waals surface area contributed by atoms with Gasteiger partial charge in [0.15, 0.2) is 0 Å². The Balaban J connectivity index is 1.65. The van der Waals surface area contributed by atoms with Crippen molar-refractivity contribution in [3.63, 3.8) is 0 Å². The van der Waals surface area contributed by atoms with E-state index in [2.05, 4.69) is 5.32 Å². The highest BCUT2D eigenvalue weighted by Gasteiger charge is 2.33. The topological polar surface area (TPSA) is 86.8 Å². The SMILES string of the molecule is CCN(CC)C(=O)c1ccc(NC(=O)C2CCCN(S(=O)(=O)c3ccccc3)C2)cc1. The second-order valence-corrected chi connectivity index (χ2v) is 9.50. The van der Waals surface area contributed by atoms with E-state index in [-0.39, 0.29) is 23.3 Å². The fourth-order valence-corrected chi connectivity index (χ4v) is 5.29. The molecule has 0 saturated carbocycles. The number of benzene rings is 2. The Hall–Kier alpha value is -2.71. The van der Waals surface area contributed by atoms with E-state index in [4.69, 9.17) is 0 Å². The average Bonchev–Trinajstić information content (AvgIpc) is 2.81. The molecule has 1 aliphatic heterocycles. The van der Waals surface area contributed by atoms with Crippen LogP contribution < -0.4 is 5.32 Å². The molecular weight excluding hydrogens is 414 g/mol. The van der Waals surface area contributed by atoms with Crippen LogP contribution in [0.2, 0.25) is 0 Å². The van der Waals surface area contributed by atoms with Gasteiger partial charge in [-0.15, -0.1) is 0 Å². The molecule has 1 atom stereocenters. The third kappa shape index (κ3) is 5.32. The molecule has 166 valence electrons. The molecule has 0 spiro atoms. The molecule has 0 aromatic heterocycles. The third-order valence-electron chi connectivity index (χ3n) is 5.59. The number of hydrogen-bond donors (Lipinski definition) is 1. The lowest BCUT2D eigenvalue weighted by molar-refractivity contribution is -0.120. The van der Waals surface area contributed by atoms with Crippen LogP contribution in [0.1, 0.15) is 37.0 Å². The largest absolute Gasteiger partial charge is 0.339 e. The number of carbonyl (C=O) groups excluding carboxylic acids is 2. The zero-order valence-electron chi connectivity index (χ0n) is 18.0. The number of rotatable bonds is 7. The Bertz CT molecular complexity index is 1000. The van der Waals surface area contributed by atoms with Gasteiger partial charge < -0.3 is 10.2 Å². The quantitative estimate of drug-likeness (QED) is 0.712. The molecule has 1 saturated heterocycles. The predicted molar refractivity (Wildman–Crippen MR) is 120 cm³/mol. The molecule has 1 heterocycles. The van der Waals surface area contributed by atoms with E-state index in [9.17, 15) is 18.0 Å². The number of hydrogen-bond acceptors (Lipinski definition) is 4. The van der Waals surface area contributed by atoms with Gasteiger partial charge in [-0.25, -0.2) is 8.42 Å². The van der Waals surface area contributed by atoms with Crippen molar-refractivity contribution in [1.82, 2.24) is 9.21 Å². The van der Waals surface area contributed by atoms with E-state index in [1.165, 1.54) is 4.31 Å². The van der Waals surface area contributed by atoms with E-state index in [0.29, 0.717) is 43.7 Å². The van der Waals surface area contributed by atoms with Crippen LogP contribution in [0.15, 0.2) is 59.5 Å². The molecule has 7 nitrogen and oxygen atoms in total. The minimum Gasteiger partial charge on any atom is -0.339 e. The van der Waals surface area contributed by atoms with Crippen LogP contribution in [-0.2, 0) is 14.8 Å². The Morgan fingerprint density at radius 1 is 1.03 bits per heavy atom. The van der Waals surface area contributed by atoms with Gasteiger partial charge in [-0.1, -0.05) is 18.2 Å². The van der Waals surface area contributed by atoms with Gasteiger partial charge in [-0.2, -0.15) is 4.31 Å². The first-order valence-corrected chi connectivity index (χ1v) is 12.1. The number of amides is 2. The summed E-state index contributed by atoms with van der Waals surface area (Å²) in [4.78, 5) is 27.2. The number of carbonyl (C=O) groups is 2. The van der Waals surface area contributed by atoms with Crippen molar-refractivity contribution in [3.05, 3.63) is 60.2 Å². The number of anilines is 1. The lowest BCUT2D eigenvalue weighted by atomic mass is 9.98. The van der Waals surface area contributed by atoms with Gasteiger partial charge >= 0.3 is 0 Å². The number of sulfonamides is 1. The molecule has 8 heteroatoms. The Morgan fingerprint density at radius 2 is 1.68 bits per heavy atom. The molecule has 2 aromatic rings. The summed E-state index contributed by atoms with van der Waals surface area (Å²) in [7, 11) is -3.62. The number of piperidine rings is 1. The zero-order chi connectivity index (χ0) is 22.4. The molecule has 1 unspecified atom stereocenters. The standard InChI is InChI=1S/C23H29N3O4S/c1-3-25(4-2)23(28)18-12-14-20(15-13-18)24-22(27)19-9-8-16-26(17-19)31(29,30)21-10-6-5-7-11-21/h5-7,10-15,19H,3-4,8-9,16-17H2,1-2H3,(H,24,27). The first-order chi connectivity index (χ1) is 14.9. The molecule has 2 amide bonds. The van der Waals surface area contributed by atoms with Crippen molar-refractivity contribution in [3.8, 4) is 0 Å². The van der Waals surface area contributed by atoms with Crippen molar-refractivity contribution in [2.24, 2.45) is 5.92 Å². The Morgan fingerprint density at radius 3 is 2.29 bits per heavy atom. The van der Waals surface area contributed by atoms with Crippen LogP contribution >= 0.6 is 0 Å². The van der Waals surface area contributed by atoms with E-state index >= 15 is 0 Å². The molecule has 2 aromatic carbocycles. The van der Waals surface area contributed by atoms with E-state index < -0.39 is 15.9 Å². The normalized spacial score (nSPS) is 17.2. The predicted octanol–water partition coefficient (Wildman–Crippen LogP) is 3.21. The molecular formula is C23H29N3O4S. The van der Waals surface area contributed by atoms with Crippen LogP contribution in [0.3, 0.4) is 0 Å². The maximum Gasteiger partial charge on any atom is 0.253 e. The molecule has 3 rings (SSSR count). The fraction of sp³-hybridized carbons (Fsp3) is 0.391. The second kappa shape index (κ2) is 10.1. The molecule has 0 aliphatic carbocycles. The molecule has 0 bridgehead atoms. The lowest BCUT2D eigenvalue weighted by Gasteiger charge is -2.31. The molecule has 1 aliphatic rings. The maximum atomic E-state index is 12.9. The summed E-state index contributed by atoms with van der Waals surface area (Å²) in [6.07, 6.45) is 1.26. The fourth-order valence-electron chi connectivity index (χ4n) is 3.75. The van der Waals surface area contributed by atoms with Crippen LogP contribution in [0.4, 0.5) is 5.69 Å². The first-order valence-electron chi connectivity index (χ1n) is 10.6. The maximum absolute atomic E-state index is 12.9. The number of nitrogens with zero attached hydrogens (tertiary/aromatic N) is 2. The summed E-state index contributed by atoms with van der Waals surface area (Å²) in [5, 5.41) is 2.86. The van der Waals surface area contributed by atoms with Crippen LogP contribution in [0, 0.1) is 5.92 Å². The van der Waals surface area contributed by atoms with Crippen molar-refractivity contribution < 1.29 is 18.0 Å². The van der Waals surface area contributed by atoms with Crippen LogP contribution in [0.5, 0.6) is 0 Å².